The van der Waals surface area contributed by atoms with E-state index in [-0.39, 0.29) is 12.4 Å². The average molecular weight is 148 g/mol. The third-order valence-electron chi connectivity index (χ3n) is 0.972. The Balaban J connectivity index is 0.000000640. The van der Waals surface area contributed by atoms with Gasteiger partial charge in [-0.15, -0.1) is 12.4 Å². The summed E-state index contributed by atoms with van der Waals surface area (Å²) in [5, 5.41) is 6.57. The van der Waals surface area contributed by atoms with E-state index in [2.05, 4.69) is 10.2 Å². The van der Waals surface area contributed by atoms with Crippen molar-refractivity contribution in [2.45, 2.75) is 6.42 Å². The fourth-order valence-electron chi connectivity index (χ4n) is 0.579. The standard InChI is InChI=1S/C5H9N3.ClH/c6-3-1-5-2-4-7-8-5;/h2,4H,1,3,6H2,(H,7,8);1H. The Morgan fingerprint density at radius 3 is 2.89 bits per heavy atom. The van der Waals surface area contributed by atoms with Crippen LogP contribution in [0.2, 0.25) is 0 Å². The number of nitrogens with two attached hydrogens (primary N) is 1. The van der Waals surface area contributed by atoms with Gasteiger partial charge in [-0.2, -0.15) is 5.10 Å². The van der Waals surface area contributed by atoms with Gasteiger partial charge in [0, 0.05) is 18.3 Å². The van der Waals surface area contributed by atoms with Crippen LogP contribution in [0, 0.1) is 0 Å². The number of hydrogen-bond donors (Lipinski definition) is 2. The van der Waals surface area contributed by atoms with Gasteiger partial charge in [0.1, 0.15) is 0 Å². The second-order valence-electron chi connectivity index (χ2n) is 1.62. The number of aromatic amines is 1. The number of nitrogens with zero attached hydrogens (tertiary/aromatic N) is 1. The van der Waals surface area contributed by atoms with Crippen molar-refractivity contribution in [3.8, 4) is 0 Å². The zero-order valence-electron chi connectivity index (χ0n) is 5.00. The van der Waals surface area contributed by atoms with E-state index in [4.69, 9.17) is 5.73 Å². The molecule has 0 bridgehead atoms. The second-order valence-corrected chi connectivity index (χ2v) is 1.62. The highest BCUT2D eigenvalue weighted by Crippen LogP contribution is 1.88. The Morgan fingerprint density at radius 1 is 1.67 bits per heavy atom. The molecule has 0 fully saturated rings. The van der Waals surface area contributed by atoms with E-state index in [1.807, 2.05) is 6.07 Å². The molecule has 1 aromatic heterocycles. The van der Waals surface area contributed by atoms with Crippen molar-refractivity contribution in [2.75, 3.05) is 6.54 Å². The topological polar surface area (TPSA) is 54.7 Å². The Morgan fingerprint density at radius 2 is 2.44 bits per heavy atom. The predicted molar refractivity (Wildman–Crippen MR) is 38.6 cm³/mol. The molecule has 3 nitrogen and oxygen atoms in total. The lowest BCUT2D eigenvalue weighted by atomic mass is 10.3. The maximum absolute atomic E-state index is 5.27. The van der Waals surface area contributed by atoms with Gasteiger partial charge in [-0.3, -0.25) is 5.10 Å². The van der Waals surface area contributed by atoms with Crippen molar-refractivity contribution in [3.63, 3.8) is 0 Å². The summed E-state index contributed by atoms with van der Waals surface area (Å²) >= 11 is 0. The fraction of sp³-hybridized carbons (Fsp3) is 0.400. The molecule has 1 heterocycles. The van der Waals surface area contributed by atoms with Crippen molar-refractivity contribution in [3.05, 3.63) is 18.0 Å². The molecule has 0 saturated carbocycles. The first kappa shape index (κ1) is 8.46. The molecule has 9 heavy (non-hydrogen) atoms. The van der Waals surface area contributed by atoms with Crippen molar-refractivity contribution in [1.82, 2.24) is 10.2 Å². The third-order valence-corrected chi connectivity index (χ3v) is 0.972. The monoisotopic (exact) mass is 147 g/mol. The van der Waals surface area contributed by atoms with E-state index in [0.29, 0.717) is 6.54 Å². The van der Waals surface area contributed by atoms with E-state index in [0.717, 1.165) is 12.1 Å². The lowest BCUT2D eigenvalue weighted by Crippen LogP contribution is -2.02. The predicted octanol–water partition coefficient (Wildman–Crippen LogP) is 0.333. The van der Waals surface area contributed by atoms with Crippen LogP contribution < -0.4 is 5.73 Å². The van der Waals surface area contributed by atoms with Crippen molar-refractivity contribution in [1.29, 1.82) is 0 Å². The summed E-state index contributed by atoms with van der Waals surface area (Å²) in [5.74, 6) is 0. The molecule has 3 N–H and O–H groups in total. The molecular weight excluding hydrogens is 138 g/mol. The molecule has 0 aliphatic heterocycles. The molecule has 0 saturated heterocycles. The van der Waals surface area contributed by atoms with E-state index >= 15 is 0 Å². The molecule has 0 radical (unpaired) electrons. The molecule has 4 heteroatoms. The highest BCUT2D eigenvalue weighted by Gasteiger charge is 1.87. The molecule has 1 rings (SSSR count). The molecule has 0 amide bonds. The quantitative estimate of drug-likeness (QED) is 0.634. The molecule has 0 atom stereocenters. The van der Waals surface area contributed by atoms with Gasteiger partial charge in [0.15, 0.2) is 0 Å². The van der Waals surface area contributed by atoms with E-state index in [1.54, 1.807) is 6.20 Å². The first-order valence-corrected chi connectivity index (χ1v) is 2.62. The minimum atomic E-state index is 0. The van der Waals surface area contributed by atoms with Gasteiger partial charge >= 0.3 is 0 Å². The number of nitrogens with one attached hydrogen (secondary N) is 1. The molecule has 52 valence electrons. The Hall–Kier alpha value is -0.540. The van der Waals surface area contributed by atoms with Gasteiger partial charge in [-0.25, -0.2) is 0 Å². The molecule has 0 aliphatic rings. The SMILES string of the molecule is Cl.NCCc1ccn[nH]1. The van der Waals surface area contributed by atoms with Crippen LogP contribution in [0.25, 0.3) is 0 Å². The highest BCUT2D eigenvalue weighted by molar-refractivity contribution is 5.85. The highest BCUT2D eigenvalue weighted by atomic mass is 35.5. The van der Waals surface area contributed by atoms with Crippen LogP contribution in [0.1, 0.15) is 5.69 Å². The number of H-pyrrole nitrogens is 1. The summed E-state index contributed by atoms with van der Waals surface area (Å²) in [6, 6.07) is 1.92. The number of hydrogen-bond acceptors (Lipinski definition) is 2. The van der Waals surface area contributed by atoms with Gasteiger partial charge in [-0.1, -0.05) is 0 Å². The maximum Gasteiger partial charge on any atom is 0.0490 e. The summed E-state index contributed by atoms with van der Waals surface area (Å²) in [4.78, 5) is 0. The Bertz CT molecular complexity index is 138. The van der Waals surface area contributed by atoms with Crippen molar-refractivity contribution < 1.29 is 0 Å². The summed E-state index contributed by atoms with van der Waals surface area (Å²) in [5.41, 5.74) is 6.38. The molecular formula is C5H10ClN3. The molecule has 0 aromatic carbocycles. The van der Waals surface area contributed by atoms with Gasteiger partial charge < -0.3 is 5.73 Å². The minimum absolute atomic E-state index is 0. The lowest BCUT2D eigenvalue weighted by Gasteiger charge is -1.86. The van der Waals surface area contributed by atoms with Crippen LogP contribution in [-0.4, -0.2) is 16.7 Å². The van der Waals surface area contributed by atoms with Gasteiger partial charge in [0.05, 0.1) is 0 Å². The van der Waals surface area contributed by atoms with E-state index in [9.17, 15) is 0 Å². The van der Waals surface area contributed by atoms with Gasteiger partial charge in [-0.05, 0) is 12.6 Å². The van der Waals surface area contributed by atoms with E-state index in [1.165, 1.54) is 0 Å². The Kier molecular flexibility index (Phi) is 4.09. The lowest BCUT2D eigenvalue weighted by molar-refractivity contribution is 0.901. The van der Waals surface area contributed by atoms with Crippen molar-refractivity contribution in [2.24, 2.45) is 5.73 Å². The van der Waals surface area contributed by atoms with Gasteiger partial charge in [0.2, 0.25) is 0 Å². The van der Waals surface area contributed by atoms with Crippen LogP contribution in [0.3, 0.4) is 0 Å². The van der Waals surface area contributed by atoms with Crippen molar-refractivity contribution >= 4 is 12.4 Å². The Labute approximate surface area is 60.1 Å². The zero-order chi connectivity index (χ0) is 5.82. The second kappa shape index (κ2) is 4.35. The summed E-state index contributed by atoms with van der Waals surface area (Å²) in [6.07, 6.45) is 2.62. The summed E-state index contributed by atoms with van der Waals surface area (Å²) < 4.78 is 0. The largest absolute Gasteiger partial charge is 0.330 e. The maximum atomic E-state index is 5.27. The summed E-state index contributed by atoms with van der Waals surface area (Å²) in [6.45, 7) is 0.683. The minimum Gasteiger partial charge on any atom is -0.330 e. The van der Waals surface area contributed by atoms with Crippen LogP contribution >= 0.6 is 12.4 Å². The first-order valence-electron chi connectivity index (χ1n) is 2.62. The smallest absolute Gasteiger partial charge is 0.0490 e. The molecule has 0 aliphatic carbocycles. The van der Waals surface area contributed by atoms with Crippen LogP contribution in [-0.2, 0) is 6.42 Å². The number of aromatic nitrogens is 2. The van der Waals surface area contributed by atoms with Crippen LogP contribution in [0.4, 0.5) is 0 Å². The van der Waals surface area contributed by atoms with Gasteiger partial charge in [0.25, 0.3) is 0 Å². The normalized spacial score (nSPS) is 8.56. The number of halogens is 1. The molecule has 1 aromatic rings. The number of rotatable bonds is 2. The van der Waals surface area contributed by atoms with Crippen LogP contribution in [0.5, 0.6) is 0 Å². The zero-order valence-corrected chi connectivity index (χ0v) is 5.82. The van der Waals surface area contributed by atoms with Crippen LogP contribution in [0.15, 0.2) is 12.3 Å². The molecule has 0 unspecified atom stereocenters. The fourth-order valence-corrected chi connectivity index (χ4v) is 0.579. The average Bonchev–Trinajstić information content (AvgIpc) is 2.19. The molecule has 0 spiro atoms. The first-order chi connectivity index (χ1) is 3.93. The van der Waals surface area contributed by atoms with E-state index < -0.39 is 0 Å². The summed E-state index contributed by atoms with van der Waals surface area (Å²) in [7, 11) is 0. The third kappa shape index (κ3) is 2.49.